The SMILES string of the molecule is CCCCCCCCCNCCN1CCOCC1. The maximum atomic E-state index is 5.34. The van der Waals surface area contributed by atoms with E-state index in [2.05, 4.69) is 17.1 Å². The molecule has 1 N–H and O–H groups in total. The molecule has 0 aromatic carbocycles. The molecule has 1 saturated heterocycles. The smallest absolute Gasteiger partial charge is 0.0594 e. The minimum atomic E-state index is 0.914. The highest BCUT2D eigenvalue weighted by atomic mass is 16.5. The van der Waals surface area contributed by atoms with Crippen molar-refractivity contribution in [1.29, 1.82) is 0 Å². The van der Waals surface area contributed by atoms with Gasteiger partial charge in [-0.25, -0.2) is 0 Å². The monoisotopic (exact) mass is 256 g/mol. The van der Waals surface area contributed by atoms with Gasteiger partial charge in [0.05, 0.1) is 13.2 Å². The third-order valence-electron chi connectivity index (χ3n) is 3.67. The number of morpholine rings is 1. The molecule has 1 fully saturated rings. The molecule has 0 radical (unpaired) electrons. The highest BCUT2D eigenvalue weighted by Crippen LogP contribution is 2.06. The molecule has 1 aliphatic rings. The van der Waals surface area contributed by atoms with E-state index in [0.29, 0.717) is 0 Å². The molecule has 1 aliphatic heterocycles. The predicted octanol–water partition coefficient (Wildman–Crippen LogP) is 2.66. The van der Waals surface area contributed by atoms with E-state index in [9.17, 15) is 0 Å². The molecule has 0 aromatic heterocycles. The molecular weight excluding hydrogens is 224 g/mol. The highest BCUT2D eigenvalue weighted by molar-refractivity contribution is 4.63. The van der Waals surface area contributed by atoms with Gasteiger partial charge in [0.2, 0.25) is 0 Å². The van der Waals surface area contributed by atoms with Crippen LogP contribution in [0.1, 0.15) is 51.9 Å². The van der Waals surface area contributed by atoms with Crippen molar-refractivity contribution in [2.75, 3.05) is 45.9 Å². The number of nitrogens with zero attached hydrogens (tertiary/aromatic N) is 1. The van der Waals surface area contributed by atoms with Crippen LogP contribution in [0.4, 0.5) is 0 Å². The summed E-state index contributed by atoms with van der Waals surface area (Å²) in [5.74, 6) is 0. The maximum absolute atomic E-state index is 5.34. The molecular formula is C15H32N2O. The van der Waals surface area contributed by atoms with Gasteiger partial charge in [0.1, 0.15) is 0 Å². The summed E-state index contributed by atoms with van der Waals surface area (Å²) in [6.45, 7) is 9.83. The standard InChI is InChI=1S/C15H32N2O/c1-2-3-4-5-6-7-8-9-16-10-11-17-12-14-18-15-13-17/h16H,2-15H2,1H3. The first-order valence-electron chi connectivity index (χ1n) is 7.94. The lowest BCUT2D eigenvalue weighted by molar-refractivity contribution is 0.0384. The molecule has 3 nitrogen and oxygen atoms in total. The Morgan fingerprint density at radius 1 is 0.889 bits per heavy atom. The van der Waals surface area contributed by atoms with E-state index >= 15 is 0 Å². The van der Waals surface area contributed by atoms with Crippen LogP contribution in [0.5, 0.6) is 0 Å². The Labute approximate surface area is 113 Å². The van der Waals surface area contributed by atoms with E-state index in [1.807, 2.05) is 0 Å². The topological polar surface area (TPSA) is 24.5 Å². The lowest BCUT2D eigenvalue weighted by atomic mass is 10.1. The second kappa shape index (κ2) is 11.9. The van der Waals surface area contributed by atoms with Gasteiger partial charge < -0.3 is 10.1 Å². The van der Waals surface area contributed by atoms with E-state index in [-0.39, 0.29) is 0 Å². The van der Waals surface area contributed by atoms with Crippen molar-refractivity contribution in [2.24, 2.45) is 0 Å². The lowest BCUT2D eigenvalue weighted by Gasteiger charge is -2.26. The summed E-state index contributed by atoms with van der Waals surface area (Å²) in [5, 5.41) is 3.55. The molecule has 0 atom stereocenters. The Hall–Kier alpha value is -0.120. The summed E-state index contributed by atoms with van der Waals surface area (Å²) in [6.07, 6.45) is 9.79. The number of nitrogens with one attached hydrogen (secondary N) is 1. The molecule has 0 saturated carbocycles. The van der Waals surface area contributed by atoms with Crippen LogP contribution in [-0.2, 0) is 4.74 Å². The van der Waals surface area contributed by atoms with Crippen LogP contribution in [0.25, 0.3) is 0 Å². The molecule has 0 spiro atoms. The Kier molecular flexibility index (Phi) is 10.6. The van der Waals surface area contributed by atoms with Crippen LogP contribution in [0.2, 0.25) is 0 Å². The van der Waals surface area contributed by atoms with Crippen molar-refractivity contribution in [3.8, 4) is 0 Å². The Morgan fingerprint density at radius 3 is 2.28 bits per heavy atom. The predicted molar refractivity (Wildman–Crippen MR) is 78.1 cm³/mol. The fourth-order valence-electron chi connectivity index (χ4n) is 2.39. The van der Waals surface area contributed by atoms with Gasteiger partial charge >= 0.3 is 0 Å². The van der Waals surface area contributed by atoms with Crippen LogP contribution in [0.3, 0.4) is 0 Å². The number of ether oxygens (including phenoxy) is 1. The van der Waals surface area contributed by atoms with Gasteiger partial charge in [0, 0.05) is 26.2 Å². The van der Waals surface area contributed by atoms with Gasteiger partial charge in [0.25, 0.3) is 0 Å². The zero-order valence-electron chi connectivity index (χ0n) is 12.3. The van der Waals surface area contributed by atoms with Crippen LogP contribution < -0.4 is 5.32 Å². The number of rotatable bonds is 11. The Balaban J connectivity index is 1.73. The van der Waals surface area contributed by atoms with Gasteiger partial charge in [0.15, 0.2) is 0 Å². The number of hydrogen-bond acceptors (Lipinski definition) is 3. The van der Waals surface area contributed by atoms with Crippen molar-refractivity contribution >= 4 is 0 Å². The molecule has 0 aromatic rings. The molecule has 0 aliphatic carbocycles. The largest absolute Gasteiger partial charge is 0.379 e. The summed E-state index contributed by atoms with van der Waals surface area (Å²) in [6, 6.07) is 0. The van der Waals surface area contributed by atoms with E-state index in [4.69, 9.17) is 4.74 Å². The Bertz CT molecular complexity index is 170. The van der Waals surface area contributed by atoms with Crippen molar-refractivity contribution in [1.82, 2.24) is 10.2 Å². The average molecular weight is 256 g/mol. The fourth-order valence-corrected chi connectivity index (χ4v) is 2.39. The van der Waals surface area contributed by atoms with Crippen LogP contribution in [0.15, 0.2) is 0 Å². The second-order valence-electron chi connectivity index (χ2n) is 5.33. The third kappa shape index (κ3) is 8.90. The first kappa shape index (κ1) is 15.9. The molecule has 0 amide bonds. The first-order valence-corrected chi connectivity index (χ1v) is 7.94. The van der Waals surface area contributed by atoms with Gasteiger partial charge in [-0.2, -0.15) is 0 Å². The minimum absolute atomic E-state index is 0.914. The second-order valence-corrected chi connectivity index (χ2v) is 5.33. The molecule has 0 bridgehead atoms. The van der Waals surface area contributed by atoms with Crippen LogP contribution >= 0.6 is 0 Å². The molecule has 0 unspecified atom stereocenters. The fraction of sp³-hybridized carbons (Fsp3) is 1.00. The van der Waals surface area contributed by atoms with E-state index in [0.717, 1.165) is 32.8 Å². The summed E-state index contributed by atoms with van der Waals surface area (Å²) in [4.78, 5) is 2.49. The summed E-state index contributed by atoms with van der Waals surface area (Å²) < 4.78 is 5.34. The van der Waals surface area contributed by atoms with E-state index in [1.165, 1.54) is 58.0 Å². The van der Waals surface area contributed by atoms with Gasteiger partial charge in [-0.05, 0) is 13.0 Å². The van der Waals surface area contributed by atoms with Gasteiger partial charge in [-0.1, -0.05) is 45.4 Å². The molecule has 1 rings (SSSR count). The molecule has 1 heterocycles. The Morgan fingerprint density at radius 2 is 1.56 bits per heavy atom. The lowest BCUT2D eigenvalue weighted by Crippen LogP contribution is -2.40. The van der Waals surface area contributed by atoms with Crippen molar-refractivity contribution < 1.29 is 4.74 Å². The molecule has 3 heteroatoms. The summed E-state index contributed by atoms with van der Waals surface area (Å²) >= 11 is 0. The van der Waals surface area contributed by atoms with E-state index in [1.54, 1.807) is 0 Å². The average Bonchev–Trinajstić information content (AvgIpc) is 2.42. The van der Waals surface area contributed by atoms with Gasteiger partial charge in [-0.15, -0.1) is 0 Å². The van der Waals surface area contributed by atoms with Gasteiger partial charge in [-0.3, -0.25) is 4.90 Å². The number of unbranched alkanes of at least 4 members (excludes halogenated alkanes) is 6. The normalized spacial score (nSPS) is 17.2. The maximum Gasteiger partial charge on any atom is 0.0594 e. The van der Waals surface area contributed by atoms with Crippen LogP contribution in [-0.4, -0.2) is 50.8 Å². The summed E-state index contributed by atoms with van der Waals surface area (Å²) in [5.41, 5.74) is 0. The van der Waals surface area contributed by atoms with E-state index < -0.39 is 0 Å². The molecule has 18 heavy (non-hydrogen) atoms. The zero-order valence-corrected chi connectivity index (χ0v) is 12.3. The van der Waals surface area contributed by atoms with Crippen LogP contribution in [0, 0.1) is 0 Å². The minimum Gasteiger partial charge on any atom is -0.379 e. The summed E-state index contributed by atoms with van der Waals surface area (Å²) in [7, 11) is 0. The highest BCUT2D eigenvalue weighted by Gasteiger charge is 2.08. The van der Waals surface area contributed by atoms with Crippen molar-refractivity contribution in [2.45, 2.75) is 51.9 Å². The van der Waals surface area contributed by atoms with Crippen molar-refractivity contribution in [3.63, 3.8) is 0 Å². The zero-order chi connectivity index (χ0) is 12.9. The van der Waals surface area contributed by atoms with Crippen molar-refractivity contribution in [3.05, 3.63) is 0 Å². The third-order valence-corrected chi connectivity index (χ3v) is 3.67. The number of hydrogen-bond donors (Lipinski definition) is 1. The first-order chi connectivity index (χ1) is 8.93. The molecule has 108 valence electrons. The quantitative estimate of drug-likeness (QED) is 0.575.